The highest BCUT2D eigenvalue weighted by atomic mass is 16.2. The number of nitrogens with one attached hydrogen (secondary N) is 1. The lowest BCUT2D eigenvalue weighted by Crippen LogP contribution is -2.58. The van der Waals surface area contributed by atoms with Crippen LogP contribution in [0.3, 0.4) is 0 Å². The molecule has 2 saturated heterocycles. The van der Waals surface area contributed by atoms with E-state index in [1.165, 1.54) is 6.42 Å². The van der Waals surface area contributed by atoms with Gasteiger partial charge < -0.3 is 10.2 Å². The lowest BCUT2D eigenvalue weighted by Gasteiger charge is -2.34. The van der Waals surface area contributed by atoms with Crippen molar-refractivity contribution in [3.8, 4) is 0 Å². The number of likely N-dealkylation sites (tertiary alicyclic amines) is 1. The minimum Gasteiger partial charge on any atom is -0.344 e. The van der Waals surface area contributed by atoms with Crippen LogP contribution in [0.1, 0.15) is 25.7 Å². The molecule has 0 radical (unpaired) electrons. The molecule has 72 valence electrons. The maximum Gasteiger partial charge on any atom is 0.245 e. The molecule has 2 aliphatic rings. The van der Waals surface area contributed by atoms with E-state index in [1.54, 1.807) is 0 Å². The molecule has 13 heavy (non-hydrogen) atoms. The fourth-order valence-corrected chi connectivity index (χ4v) is 1.84. The zero-order valence-electron chi connectivity index (χ0n) is 7.58. The van der Waals surface area contributed by atoms with Crippen LogP contribution >= 0.6 is 0 Å². The number of carbonyl (C=O) groups excluding carboxylic acids is 2. The number of amides is 2. The first kappa shape index (κ1) is 8.53. The molecule has 2 rings (SSSR count). The Morgan fingerprint density at radius 1 is 1.31 bits per heavy atom. The molecular formula is C9H14N2O2. The molecule has 2 fully saturated rings. The number of rotatable bonds is 1. The smallest absolute Gasteiger partial charge is 0.245 e. The Morgan fingerprint density at radius 2 is 1.92 bits per heavy atom. The number of piperidine rings is 1. The Morgan fingerprint density at radius 3 is 2.46 bits per heavy atom. The highest BCUT2D eigenvalue weighted by Gasteiger charge is 2.34. The zero-order valence-corrected chi connectivity index (χ0v) is 7.58. The summed E-state index contributed by atoms with van der Waals surface area (Å²) in [5.74, 6) is 0.106. The van der Waals surface area contributed by atoms with Gasteiger partial charge in [0.2, 0.25) is 11.8 Å². The number of hydrogen-bond acceptors (Lipinski definition) is 2. The third-order valence-electron chi connectivity index (χ3n) is 2.69. The number of carbonyl (C=O) groups is 2. The predicted molar refractivity (Wildman–Crippen MR) is 47.0 cm³/mol. The number of hydrogen-bond donors (Lipinski definition) is 1. The molecule has 0 aliphatic carbocycles. The average Bonchev–Trinajstić information content (AvgIpc) is 2.13. The second-order valence-electron chi connectivity index (χ2n) is 3.71. The second-order valence-corrected chi connectivity index (χ2v) is 3.71. The van der Waals surface area contributed by atoms with Gasteiger partial charge in [-0.2, -0.15) is 0 Å². The molecule has 0 spiro atoms. The Bertz CT molecular complexity index is 226. The van der Waals surface area contributed by atoms with E-state index >= 15 is 0 Å². The van der Waals surface area contributed by atoms with Crippen LogP contribution in [0.5, 0.6) is 0 Å². The van der Waals surface area contributed by atoms with E-state index in [0.29, 0.717) is 6.42 Å². The fraction of sp³-hybridized carbons (Fsp3) is 0.778. The van der Waals surface area contributed by atoms with Gasteiger partial charge >= 0.3 is 0 Å². The van der Waals surface area contributed by atoms with Gasteiger partial charge in [-0.15, -0.1) is 0 Å². The summed E-state index contributed by atoms with van der Waals surface area (Å²) in [4.78, 5) is 24.1. The summed E-state index contributed by atoms with van der Waals surface area (Å²) in [6.45, 7) is 1.73. The lowest BCUT2D eigenvalue weighted by molar-refractivity contribution is -0.143. The van der Waals surface area contributed by atoms with Crippen molar-refractivity contribution >= 4 is 11.8 Å². The summed E-state index contributed by atoms with van der Waals surface area (Å²) >= 11 is 0. The van der Waals surface area contributed by atoms with Crippen LogP contribution in [-0.2, 0) is 9.59 Å². The highest BCUT2D eigenvalue weighted by Crippen LogP contribution is 2.13. The first-order valence-electron chi connectivity index (χ1n) is 4.85. The second kappa shape index (κ2) is 3.36. The largest absolute Gasteiger partial charge is 0.344 e. The van der Waals surface area contributed by atoms with Crippen LogP contribution in [-0.4, -0.2) is 35.8 Å². The van der Waals surface area contributed by atoms with Crippen molar-refractivity contribution in [3.05, 3.63) is 0 Å². The molecule has 1 N–H and O–H groups in total. The lowest BCUT2D eigenvalue weighted by atomic mass is 10.0. The number of β-lactam (4-membered cyclic amide) rings is 1. The summed E-state index contributed by atoms with van der Waals surface area (Å²) in [5, 5.41) is 2.61. The van der Waals surface area contributed by atoms with E-state index in [2.05, 4.69) is 5.32 Å². The van der Waals surface area contributed by atoms with Gasteiger partial charge in [0.05, 0.1) is 6.42 Å². The van der Waals surface area contributed by atoms with E-state index < -0.39 is 0 Å². The summed E-state index contributed by atoms with van der Waals surface area (Å²) < 4.78 is 0. The van der Waals surface area contributed by atoms with Crippen LogP contribution in [0.4, 0.5) is 0 Å². The maximum atomic E-state index is 11.6. The molecule has 4 nitrogen and oxygen atoms in total. The predicted octanol–water partition coefficient (Wildman–Crippen LogP) is -0.113. The normalized spacial score (nSPS) is 27.8. The van der Waals surface area contributed by atoms with Crippen LogP contribution in [0.2, 0.25) is 0 Å². The van der Waals surface area contributed by atoms with E-state index in [1.807, 2.05) is 4.90 Å². The molecule has 2 amide bonds. The van der Waals surface area contributed by atoms with Crippen LogP contribution in [0.25, 0.3) is 0 Å². The van der Waals surface area contributed by atoms with Gasteiger partial charge in [-0.3, -0.25) is 9.59 Å². The van der Waals surface area contributed by atoms with Gasteiger partial charge in [0.15, 0.2) is 0 Å². The maximum absolute atomic E-state index is 11.6. The van der Waals surface area contributed by atoms with Gasteiger partial charge in [0.25, 0.3) is 0 Å². The van der Waals surface area contributed by atoms with Crippen molar-refractivity contribution in [3.63, 3.8) is 0 Å². The van der Waals surface area contributed by atoms with Crippen molar-refractivity contribution in [2.45, 2.75) is 31.7 Å². The van der Waals surface area contributed by atoms with Gasteiger partial charge in [-0.05, 0) is 19.3 Å². The third kappa shape index (κ3) is 1.66. The molecule has 4 heteroatoms. The molecule has 0 bridgehead atoms. The van der Waals surface area contributed by atoms with Gasteiger partial charge in [0.1, 0.15) is 6.04 Å². The summed E-state index contributed by atoms with van der Waals surface area (Å²) in [6, 6.07) is -0.217. The monoisotopic (exact) mass is 182 g/mol. The standard InChI is InChI=1S/C9H14N2O2/c12-8-6-7(10-8)9(13)11-4-2-1-3-5-11/h7H,1-6H2,(H,10,12)/t7-/m0/s1. The Labute approximate surface area is 77.3 Å². The van der Waals surface area contributed by atoms with Crippen molar-refractivity contribution in [2.75, 3.05) is 13.1 Å². The van der Waals surface area contributed by atoms with E-state index in [9.17, 15) is 9.59 Å². The molecule has 0 aromatic heterocycles. The van der Waals surface area contributed by atoms with Crippen molar-refractivity contribution in [2.24, 2.45) is 0 Å². The summed E-state index contributed by atoms with van der Waals surface area (Å²) in [5.41, 5.74) is 0. The third-order valence-corrected chi connectivity index (χ3v) is 2.69. The Balaban J connectivity index is 1.85. The molecule has 1 atom stereocenters. The summed E-state index contributed by atoms with van der Waals surface area (Å²) in [6.07, 6.45) is 3.81. The highest BCUT2D eigenvalue weighted by molar-refractivity contribution is 5.97. The quantitative estimate of drug-likeness (QED) is 0.575. The summed E-state index contributed by atoms with van der Waals surface area (Å²) in [7, 11) is 0. The molecule has 0 saturated carbocycles. The molecule has 0 aromatic carbocycles. The van der Waals surface area contributed by atoms with Crippen LogP contribution in [0.15, 0.2) is 0 Å². The van der Waals surface area contributed by atoms with Crippen molar-refractivity contribution < 1.29 is 9.59 Å². The molecular weight excluding hydrogens is 168 g/mol. The molecule has 2 aliphatic heterocycles. The topological polar surface area (TPSA) is 49.4 Å². The van der Waals surface area contributed by atoms with E-state index in [4.69, 9.17) is 0 Å². The average molecular weight is 182 g/mol. The number of nitrogens with zero attached hydrogens (tertiary/aromatic N) is 1. The van der Waals surface area contributed by atoms with Gasteiger partial charge in [0, 0.05) is 13.1 Å². The van der Waals surface area contributed by atoms with E-state index in [0.717, 1.165) is 25.9 Å². The molecule has 2 heterocycles. The fourth-order valence-electron chi connectivity index (χ4n) is 1.84. The molecule has 0 aromatic rings. The minimum absolute atomic E-state index is 0.00430. The zero-order chi connectivity index (χ0) is 9.26. The van der Waals surface area contributed by atoms with Gasteiger partial charge in [-0.25, -0.2) is 0 Å². The Kier molecular flexibility index (Phi) is 2.20. The van der Waals surface area contributed by atoms with Crippen molar-refractivity contribution in [1.29, 1.82) is 0 Å². The van der Waals surface area contributed by atoms with Crippen LogP contribution in [0, 0.1) is 0 Å². The minimum atomic E-state index is -0.217. The van der Waals surface area contributed by atoms with Crippen molar-refractivity contribution in [1.82, 2.24) is 10.2 Å². The first-order chi connectivity index (χ1) is 6.27. The Hall–Kier alpha value is -1.06. The van der Waals surface area contributed by atoms with E-state index in [-0.39, 0.29) is 17.9 Å². The van der Waals surface area contributed by atoms with Crippen LogP contribution < -0.4 is 5.32 Å². The SMILES string of the molecule is O=C1C[C@@H](C(=O)N2CCCCC2)N1. The molecule has 0 unspecified atom stereocenters. The van der Waals surface area contributed by atoms with Gasteiger partial charge in [-0.1, -0.05) is 0 Å². The first-order valence-corrected chi connectivity index (χ1v) is 4.85.